The predicted molar refractivity (Wildman–Crippen MR) is 78.1 cm³/mol. The van der Waals surface area contributed by atoms with Crippen molar-refractivity contribution in [1.29, 1.82) is 0 Å². The van der Waals surface area contributed by atoms with E-state index in [1.165, 1.54) is 17.7 Å². The van der Waals surface area contributed by atoms with Crippen LogP contribution in [0.15, 0.2) is 12.4 Å². The van der Waals surface area contributed by atoms with Gasteiger partial charge in [-0.1, -0.05) is 6.92 Å². The highest BCUT2D eigenvalue weighted by atomic mass is 16.4. The summed E-state index contributed by atoms with van der Waals surface area (Å²) in [6, 6.07) is 0.0159. The molecule has 2 atom stereocenters. The third kappa shape index (κ3) is 3.96. The van der Waals surface area contributed by atoms with Gasteiger partial charge in [0.15, 0.2) is 0 Å². The van der Waals surface area contributed by atoms with E-state index in [4.69, 9.17) is 5.11 Å². The van der Waals surface area contributed by atoms with Gasteiger partial charge in [-0.05, 0) is 25.7 Å². The van der Waals surface area contributed by atoms with Crippen LogP contribution in [0.3, 0.4) is 0 Å². The van der Waals surface area contributed by atoms with Crippen LogP contribution >= 0.6 is 0 Å². The van der Waals surface area contributed by atoms with Gasteiger partial charge in [-0.2, -0.15) is 5.10 Å². The molecule has 2 N–H and O–H groups in total. The number of urea groups is 1. The number of nitrogens with one attached hydrogen (secondary N) is 1. The minimum Gasteiger partial charge on any atom is -0.481 e. The topological polar surface area (TPSA) is 87.5 Å². The zero-order chi connectivity index (χ0) is 15.6. The average molecular weight is 294 g/mol. The van der Waals surface area contributed by atoms with Crippen molar-refractivity contribution in [2.24, 2.45) is 11.8 Å². The minimum absolute atomic E-state index is 0.160. The quantitative estimate of drug-likeness (QED) is 0.840. The Hall–Kier alpha value is -2.05. The smallest absolute Gasteiger partial charge is 0.321 e. The van der Waals surface area contributed by atoms with Crippen LogP contribution in [0.1, 0.15) is 32.7 Å². The van der Waals surface area contributed by atoms with E-state index in [0.717, 1.165) is 0 Å². The van der Waals surface area contributed by atoms with Gasteiger partial charge in [0, 0.05) is 19.8 Å². The van der Waals surface area contributed by atoms with Crippen molar-refractivity contribution in [3.05, 3.63) is 12.4 Å². The van der Waals surface area contributed by atoms with Crippen LogP contribution in [0.2, 0.25) is 0 Å². The second-order valence-electron chi connectivity index (χ2n) is 5.84. The van der Waals surface area contributed by atoms with Crippen molar-refractivity contribution in [3.63, 3.8) is 0 Å². The van der Waals surface area contributed by atoms with E-state index in [-0.39, 0.29) is 12.6 Å². The molecule has 1 aromatic rings. The fourth-order valence-electron chi connectivity index (χ4n) is 2.21. The lowest BCUT2D eigenvalue weighted by atomic mass is 10.2. The number of aromatic nitrogens is 2. The number of anilines is 1. The lowest BCUT2D eigenvalue weighted by Gasteiger charge is -2.19. The van der Waals surface area contributed by atoms with Crippen LogP contribution in [0.4, 0.5) is 10.5 Å². The Bertz CT molecular complexity index is 524. The van der Waals surface area contributed by atoms with Gasteiger partial charge in [0.2, 0.25) is 0 Å². The fraction of sp³-hybridized carbons (Fsp3) is 0.643. The maximum Gasteiger partial charge on any atom is 0.321 e. The summed E-state index contributed by atoms with van der Waals surface area (Å²) in [7, 11) is 1.58. The number of carbonyl (C=O) groups is 2. The molecule has 116 valence electrons. The summed E-state index contributed by atoms with van der Waals surface area (Å²) in [6.07, 6.45) is 5.90. The Morgan fingerprint density at radius 3 is 2.76 bits per heavy atom. The van der Waals surface area contributed by atoms with Crippen molar-refractivity contribution in [2.75, 3.05) is 18.9 Å². The number of rotatable bonds is 6. The Morgan fingerprint density at radius 2 is 2.19 bits per heavy atom. The SMILES string of the molecule is CC(CN(C)C(=O)Nc1cnn(C(C)C2CC2)c1)C(=O)O. The number of aliphatic carboxylic acids is 1. The summed E-state index contributed by atoms with van der Waals surface area (Å²) < 4.78 is 1.87. The number of hydrogen-bond donors (Lipinski definition) is 2. The summed E-state index contributed by atoms with van der Waals surface area (Å²) in [5.41, 5.74) is 0.627. The average Bonchev–Trinajstić information content (AvgIpc) is 3.18. The molecule has 2 amide bonds. The van der Waals surface area contributed by atoms with Crippen LogP contribution in [0.5, 0.6) is 0 Å². The van der Waals surface area contributed by atoms with Crippen molar-refractivity contribution < 1.29 is 14.7 Å². The molecule has 1 saturated carbocycles. The van der Waals surface area contributed by atoms with E-state index in [9.17, 15) is 9.59 Å². The molecule has 1 aliphatic carbocycles. The molecule has 21 heavy (non-hydrogen) atoms. The molecule has 1 fully saturated rings. The van der Waals surface area contributed by atoms with Crippen LogP contribution < -0.4 is 5.32 Å². The molecule has 1 heterocycles. The monoisotopic (exact) mass is 294 g/mol. The first kappa shape index (κ1) is 15.3. The highest BCUT2D eigenvalue weighted by Gasteiger charge is 2.29. The van der Waals surface area contributed by atoms with Gasteiger partial charge in [-0.3, -0.25) is 9.48 Å². The number of nitrogens with zero attached hydrogens (tertiary/aromatic N) is 3. The second kappa shape index (κ2) is 6.15. The number of amides is 2. The van der Waals surface area contributed by atoms with Crippen LogP contribution in [0, 0.1) is 11.8 Å². The molecule has 1 aromatic heterocycles. The molecule has 7 nitrogen and oxygen atoms in total. The third-order valence-electron chi connectivity index (χ3n) is 3.89. The first-order valence-electron chi connectivity index (χ1n) is 7.17. The van der Waals surface area contributed by atoms with Gasteiger partial charge in [0.25, 0.3) is 0 Å². The maximum absolute atomic E-state index is 12.0. The summed E-state index contributed by atoms with van der Waals surface area (Å²) in [5.74, 6) is -0.827. The molecule has 0 saturated heterocycles. The van der Waals surface area contributed by atoms with Crippen molar-refractivity contribution in [2.45, 2.75) is 32.7 Å². The third-order valence-corrected chi connectivity index (χ3v) is 3.89. The first-order chi connectivity index (χ1) is 9.88. The largest absolute Gasteiger partial charge is 0.481 e. The predicted octanol–water partition coefficient (Wildman–Crippen LogP) is 2.04. The molecular weight excluding hydrogens is 272 g/mol. The Kier molecular flexibility index (Phi) is 4.50. The molecule has 7 heteroatoms. The molecule has 0 aliphatic heterocycles. The van der Waals surface area contributed by atoms with E-state index in [0.29, 0.717) is 17.6 Å². The zero-order valence-corrected chi connectivity index (χ0v) is 12.6. The standard InChI is InChI=1S/C14H22N4O3/c1-9(13(19)20)7-17(3)14(21)16-12-6-15-18(8-12)10(2)11-4-5-11/h6,8-11H,4-5,7H2,1-3H3,(H,16,21)(H,19,20). The van der Waals surface area contributed by atoms with Crippen LogP contribution in [-0.2, 0) is 4.79 Å². The minimum atomic E-state index is -0.916. The molecule has 0 radical (unpaired) electrons. The Balaban J connectivity index is 1.88. The highest BCUT2D eigenvalue weighted by molar-refractivity contribution is 5.89. The van der Waals surface area contributed by atoms with Crippen molar-refractivity contribution >= 4 is 17.7 Å². The van der Waals surface area contributed by atoms with Gasteiger partial charge in [-0.25, -0.2) is 4.79 Å². The zero-order valence-electron chi connectivity index (χ0n) is 12.6. The van der Waals surface area contributed by atoms with E-state index >= 15 is 0 Å². The maximum atomic E-state index is 12.0. The van der Waals surface area contributed by atoms with Gasteiger partial charge in [0.05, 0.1) is 23.8 Å². The highest BCUT2D eigenvalue weighted by Crippen LogP contribution is 2.39. The molecule has 2 unspecified atom stereocenters. The number of carboxylic acid groups (broad SMARTS) is 1. The van der Waals surface area contributed by atoms with Crippen molar-refractivity contribution in [3.8, 4) is 0 Å². The van der Waals surface area contributed by atoms with Crippen LogP contribution in [-0.4, -0.2) is 45.4 Å². The molecule has 2 rings (SSSR count). The van der Waals surface area contributed by atoms with E-state index < -0.39 is 11.9 Å². The lowest BCUT2D eigenvalue weighted by Crippen LogP contribution is -2.36. The number of hydrogen-bond acceptors (Lipinski definition) is 3. The van der Waals surface area contributed by atoms with Crippen molar-refractivity contribution in [1.82, 2.24) is 14.7 Å². The van der Waals surface area contributed by atoms with Gasteiger partial charge in [-0.15, -0.1) is 0 Å². The first-order valence-corrected chi connectivity index (χ1v) is 7.17. The Morgan fingerprint density at radius 1 is 1.52 bits per heavy atom. The summed E-state index contributed by atoms with van der Waals surface area (Å²) in [5, 5.41) is 15.9. The van der Waals surface area contributed by atoms with E-state index in [1.54, 1.807) is 20.2 Å². The molecule has 0 spiro atoms. The van der Waals surface area contributed by atoms with Gasteiger partial charge >= 0.3 is 12.0 Å². The lowest BCUT2D eigenvalue weighted by molar-refractivity contribution is -0.141. The van der Waals surface area contributed by atoms with E-state index in [1.807, 2.05) is 10.9 Å². The summed E-state index contributed by atoms with van der Waals surface area (Å²) in [4.78, 5) is 24.1. The van der Waals surface area contributed by atoms with Gasteiger partial charge in [0.1, 0.15) is 0 Å². The normalized spacial score (nSPS) is 17.1. The molecule has 0 aromatic carbocycles. The summed E-state index contributed by atoms with van der Waals surface area (Å²) >= 11 is 0. The molecule has 1 aliphatic rings. The Labute approximate surface area is 123 Å². The molecule has 0 bridgehead atoms. The number of carbonyl (C=O) groups excluding carboxylic acids is 1. The van der Waals surface area contributed by atoms with Gasteiger partial charge < -0.3 is 15.3 Å². The van der Waals surface area contributed by atoms with E-state index in [2.05, 4.69) is 17.3 Å². The second-order valence-corrected chi connectivity index (χ2v) is 5.84. The summed E-state index contributed by atoms with van der Waals surface area (Å²) in [6.45, 7) is 3.85. The fourth-order valence-corrected chi connectivity index (χ4v) is 2.21. The molecular formula is C14H22N4O3. The number of carboxylic acids is 1. The van der Waals surface area contributed by atoms with Crippen LogP contribution in [0.25, 0.3) is 0 Å².